The van der Waals surface area contributed by atoms with Crippen LogP contribution in [-0.2, 0) is 6.18 Å². The molecule has 102 valence electrons. The third-order valence-electron chi connectivity index (χ3n) is 3.38. The van der Waals surface area contributed by atoms with Gasteiger partial charge in [0.25, 0.3) is 0 Å². The van der Waals surface area contributed by atoms with E-state index < -0.39 is 11.9 Å². The Hall–Kier alpha value is -0.865. The summed E-state index contributed by atoms with van der Waals surface area (Å²) in [5.41, 5.74) is 1.94. The molecule has 0 bridgehead atoms. The number of hydrogen-bond acceptors (Lipinski definition) is 1. The van der Waals surface area contributed by atoms with Crippen molar-refractivity contribution >= 4 is 33.7 Å². The van der Waals surface area contributed by atoms with Gasteiger partial charge in [-0.3, -0.25) is 0 Å². The summed E-state index contributed by atoms with van der Waals surface area (Å²) in [6.45, 7) is 7.63. The highest BCUT2D eigenvalue weighted by molar-refractivity contribution is 6.98. The van der Waals surface area contributed by atoms with Crippen molar-refractivity contribution in [1.82, 2.24) is 4.98 Å². The van der Waals surface area contributed by atoms with E-state index in [0.29, 0.717) is 18.3 Å². The molecule has 7 heteroatoms. The molecule has 0 amide bonds. The summed E-state index contributed by atoms with van der Waals surface area (Å²) < 4.78 is 39.6. The van der Waals surface area contributed by atoms with Gasteiger partial charge in [0, 0.05) is 5.69 Å². The summed E-state index contributed by atoms with van der Waals surface area (Å²) in [5, 5.41) is 0. The maximum atomic E-state index is 13.2. The van der Waals surface area contributed by atoms with Crippen molar-refractivity contribution in [2.75, 3.05) is 0 Å². The minimum absolute atomic E-state index is 0.00972. The highest BCUT2D eigenvalue weighted by Crippen LogP contribution is 2.29. The van der Waals surface area contributed by atoms with Crippen molar-refractivity contribution in [3.05, 3.63) is 17.0 Å². The molecule has 0 saturated heterocycles. The Kier molecular flexibility index (Phi) is 4.80. The summed E-state index contributed by atoms with van der Waals surface area (Å²) >= 11 is 0. The van der Waals surface area contributed by atoms with Gasteiger partial charge in [-0.15, -0.1) is 0 Å². The summed E-state index contributed by atoms with van der Waals surface area (Å²) in [6.07, 6.45) is -4.38. The van der Waals surface area contributed by atoms with Crippen LogP contribution in [-0.4, -0.2) is 27.7 Å². The third-order valence-corrected chi connectivity index (χ3v) is 3.38. The zero-order valence-corrected chi connectivity index (χ0v) is 12.4. The van der Waals surface area contributed by atoms with Crippen LogP contribution in [0.15, 0.2) is 0 Å². The Morgan fingerprint density at radius 1 is 1.11 bits per heavy atom. The molecular formula is C12H19B3F3N. The van der Waals surface area contributed by atoms with Crippen LogP contribution in [0.4, 0.5) is 13.2 Å². The van der Waals surface area contributed by atoms with Gasteiger partial charge in [0.05, 0.1) is 7.74 Å². The maximum absolute atomic E-state index is 13.2. The van der Waals surface area contributed by atoms with Crippen LogP contribution in [0.5, 0.6) is 0 Å². The second kappa shape index (κ2) is 5.64. The van der Waals surface area contributed by atoms with Crippen molar-refractivity contribution in [2.24, 2.45) is 0 Å². The first-order valence-electron chi connectivity index (χ1n) is 6.71. The molecule has 0 saturated carbocycles. The zero-order valence-electron chi connectivity index (χ0n) is 12.4. The van der Waals surface area contributed by atoms with Crippen LogP contribution >= 0.6 is 0 Å². The number of hydrogen-bond donors (Lipinski definition) is 0. The number of pyridine rings is 1. The fraction of sp³-hybridized carbons (Fsp3) is 0.583. The lowest BCUT2D eigenvalue weighted by Crippen LogP contribution is -2.39. The van der Waals surface area contributed by atoms with Crippen molar-refractivity contribution in [2.45, 2.75) is 45.7 Å². The van der Waals surface area contributed by atoms with Gasteiger partial charge < -0.3 is 0 Å². The Labute approximate surface area is 115 Å². The molecular weight excluding hydrogens is 248 g/mol. The van der Waals surface area contributed by atoms with Crippen LogP contribution in [0.25, 0.3) is 0 Å². The van der Waals surface area contributed by atoms with Gasteiger partial charge >= 0.3 is 6.18 Å². The number of alkyl halides is 3. The molecule has 0 radical (unpaired) electrons. The van der Waals surface area contributed by atoms with Crippen LogP contribution < -0.4 is 10.9 Å². The van der Waals surface area contributed by atoms with Crippen molar-refractivity contribution in [3.8, 4) is 0 Å². The molecule has 0 aliphatic rings. The second-order valence-electron chi connectivity index (χ2n) is 5.52. The van der Waals surface area contributed by atoms with Crippen molar-refractivity contribution in [1.29, 1.82) is 0 Å². The predicted molar refractivity (Wildman–Crippen MR) is 80.9 cm³/mol. The average Bonchev–Trinajstić information content (AvgIpc) is 2.25. The standard InChI is InChI=1S/C12H19B3F3N/c1-5(2)7-8(13)10(6(3)4)19-11(9(7)15-14)12(16,17)18/h5-6,15H,13-14H2,1-4H3. The van der Waals surface area contributed by atoms with Gasteiger partial charge in [0.2, 0.25) is 0 Å². The van der Waals surface area contributed by atoms with E-state index in [1.807, 2.05) is 35.5 Å². The molecule has 0 fully saturated rings. The van der Waals surface area contributed by atoms with Gasteiger partial charge in [-0.1, -0.05) is 44.2 Å². The second-order valence-corrected chi connectivity index (χ2v) is 5.52. The predicted octanol–water partition coefficient (Wildman–Crippen LogP) is 0.215. The molecule has 0 spiro atoms. The normalized spacial score (nSPS) is 12.3. The lowest BCUT2D eigenvalue weighted by atomic mass is 9.48. The van der Waals surface area contributed by atoms with Crippen LogP contribution in [0.1, 0.15) is 56.5 Å². The van der Waals surface area contributed by atoms with E-state index in [1.165, 1.54) is 0 Å². The SMILES string of the molecule is BBc1c(C(F)(F)F)nc(C(C)C)c(B)c1C(C)C. The number of rotatable bonds is 3. The van der Waals surface area contributed by atoms with Crippen LogP contribution in [0.2, 0.25) is 0 Å². The lowest BCUT2D eigenvalue weighted by molar-refractivity contribution is -0.140. The fourth-order valence-corrected chi connectivity index (χ4v) is 2.70. The smallest absolute Gasteiger partial charge is 0.249 e. The first-order chi connectivity index (χ1) is 8.61. The maximum Gasteiger partial charge on any atom is 0.432 e. The fourth-order valence-electron chi connectivity index (χ4n) is 2.70. The Morgan fingerprint density at radius 2 is 1.63 bits per heavy atom. The monoisotopic (exact) mass is 267 g/mol. The first-order valence-corrected chi connectivity index (χ1v) is 6.71. The van der Waals surface area contributed by atoms with E-state index in [4.69, 9.17) is 0 Å². The van der Waals surface area contributed by atoms with E-state index >= 15 is 0 Å². The average molecular weight is 267 g/mol. The molecule has 1 heterocycles. The van der Waals surface area contributed by atoms with E-state index in [-0.39, 0.29) is 11.8 Å². The molecule has 0 N–H and O–H groups in total. The minimum atomic E-state index is -4.38. The van der Waals surface area contributed by atoms with E-state index in [2.05, 4.69) is 4.98 Å². The molecule has 0 aromatic carbocycles. The summed E-state index contributed by atoms with van der Waals surface area (Å²) in [7, 11) is 4.00. The molecule has 0 aliphatic carbocycles. The molecule has 0 aliphatic heterocycles. The number of halogens is 3. The molecule has 1 rings (SSSR count). The van der Waals surface area contributed by atoms with E-state index in [9.17, 15) is 13.2 Å². The first kappa shape index (κ1) is 16.2. The summed E-state index contributed by atoms with van der Waals surface area (Å²) in [4.78, 5) is 3.93. The number of aromatic nitrogens is 1. The number of nitrogens with zero attached hydrogens (tertiary/aromatic N) is 1. The van der Waals surface area contributed by atoms with Crippen molar-refractivity contribution < 1.29 is 13.2 Å². The summed E-state index contributed by atoms with van der Waals surface area (Å²) in [5.74, 6) is 0.0565. The largest absolute Gasteiger partial charge is 0.432 e. The van der Waals surface area contributed by atoms with Gasteiger partial charge in [-0.25, -0.2) is 4.98 Å². The van der Waals surface area contributed by atoms with E-state index in [1.54, 1.807) is 7.74 Å². The Morgan fingerprint density at radius 3 is 1.95 bits per heavy atom. The van der Waals surface area contributed by atoms with Gasteiger partial charge in [0.15, 0.2) is 0 Å². The van der Waals surface area contributed by atoms with Crippen LogP contribution in [0.3, 0.4) is 0 Å². The molecule has 1 nitrogen and oxygen atoms in total. The van der Waals surface area contributed by atoms with E-state index in [0.717, 1.165) is 11.0 Å². The Bertz CT molecular complexity index is 470. The third kappa shape index (κ3) is 3.18. The molecule has 19 heavy (non-hydrogen) atoms. The highest BCUT2D eigenvalue weighted by Gasteiger charge is 2.37. The zero-order chi connectivity index (χ0) is 15.0. The molecule has 1 aromatic heterocycles. The van der Waals surface area contributed by atoms with Gasteiger partial charge in [-0.05, 0) is 11.8 Å². The molecule has 1 aromatic rings. The minimum Gasteiger partial charge on any atom is -0.249 e. The highest BCUT2D eigenvalue weighted by atomic mass is 19.4. The molecule has 0 unspecified atom stereocenters. The summed E-state index contributed by atoms with van der Waals surface area (Å²) in [6, 6.07) is 0. The quantitative estimate of drug-likeness (QED) is 0.713. The Balaban J connectivity index is 3.74. The van der Waals surface area contributed by atoms with Crippen LogP contribution in [0, 0.1) is 0 Å². The topological polar surface area (TPSA) is 12.9 Å². The van der Waals surface area contributed by atoms with Crippen molar-refractivity contribution in [3.63, 3.8) is 0 Å². The van der Waals surface area contributed by atoms with Gasteiger partial charge in [-0.2, -0.15) is 13.2 Å². The lowest BCUT2D eigenvalue weighted by Gasteiger charge is -2.24. The molecule has 0 atom stereocenters. The van der Waals surface area contributed by atoms with Gasteiger partial charge in [0.1, 0.15) is 20.7 Å².